The third kappa shape index (κ3) is 4.86. The van der Waals surface area contributed by atoms with E-state index in [2.05, 4.69) is 5.32 Å². The first-order chi connectivity index (χ1) is 11.0. The van der Waals surface area contributed by atoms with Crippen LogP contribution in [0.25, 0.3) is 0 Å². The molecule has 1 amide bonds. The van der Waals surface area contributed by atoms with Gasteiger partial charge in [-0.1, -0.05) is 23.7 Å². The van der Waals surface area contributed by atoms with Gasteiger partial charge in [0.2, 0.25) is 5.91 Å². The number of benzene rings is 2. The Balaban J connectivity index is 1.84. The number of nitrogens with one attached hydrogen (secondary N) is 1. The lowest BCUT2D eigenvalue weighted by Crippen LogP contribution is -2.23. The number of carbonyl (C=O) groups excluding carboxylic acids is 1. The fourth-order valence-corrected chi connectivity index (χ4v) is 2.28. The maximum absolute atomic E-state index is 12.7. The summed E-state index contributed by atoms with van der Waals surface area (Å²) >= 11 is 5.83. The fraction of sp³-hybridized carbons (Fsp3) is 0.235. The minimum atomic E-state index is -0.648. The standard InChI is InChI=1S/C17H17ClFNO3/c18-14-4-1-12(7-13(14)9-19)10-20-17(23)6-3-11-2-5-15(21)16(22)8-11/h1-2,4-5,7-8,21-22H,3,6,9-10H2,(H,20,23). The number of phenolic OH excluding ortho intramolecular Hbond substituents is 2. The average Bonchev–Trinajstić information content (AvgIpc) is 2.55. The number of hydrogen-bond donors (Lipinski definition) is 3. The Bertz CT molecular complexity index is 706. The monoisotopic (exact) mass is 337 g/mol. The van der Waals surface area contributed by atoms with E-state index in [-0.39, 0.29) is 23.8 Å². The van der Waals surface area contributed by atoms with Crippen molar-refractivity contribution in [3.8, 4) is 11.5 Å². The van der Waals surface area contributed by atoms with Crippen LogP contribution in [0.2, 0.25) is 5.02 Å². The molecule has 0 saturated carbocycles. The summed E-state index contributed by atoms with van der Waals surface area (Å²) in [6.07, 6.45) is 0.684. The van der Waals surface area contributed by atoms with Gasteiger partial charge in [0.15, 0.2) is 11.5 Å². The maximum atomic E-state index is 12.7. The predicted octanol–water partition coefficient (Wildman–Crippen LogP) is 3.47. The summed E-state index contributed by atoms with van der Waals surface area (Å²) in [5.41, 5.74) is 1.93. The van der Waals surface area contributed by atoms with Crippen molar-refractivity contribution >= 4 is 17.5 Å². The summed E-state index contributed by atoms with van der Waals surface area (Å²) < 4.78 is 12.7. The van der Waals surface area contributed by atoms with Crippen LogP contribution < -0.4 is 5.32 Å². The lowest BCUT2D eigenvalue weighted by atomic mass is 10.1. The van der Waals surface area contributed by atoms with Crippen molar-refractivity contribution < 1.29 is 19.4 Å². The van der Waals surface area contributed by atoms with Crippen molar-refractivity contribution in [3.05, 3.63) is 58.1 Å². The number of alkyl halides is 1. The van der Waals surface area contributed by atoms with Crippen molar-refractivity contribution in [1.82, 2.24) is 5.32 Å². The van der Waals surface area contributed by atoms with E-state index in [1.54, 1.807) is 24.3 Å². The number of aromatic hydroxyl groups is 2. The van der Waals surface area contributed by atoms with Crippen LogP contribution in [0.5, 0.6) is 11.5 Å². The van der Waals surface area contributed by atoms with Gasteiger partial charge in [-0.25, -0.2) is 4.39 Å². The van der Waals surface area contributed by atoms with Crippen LogP contribution in [0.1, 0.15) is 23.1 Å². The SMILES string of the molecule is O=C(CCc1ccc(O)c(O)c1)NCc1ccc(Cl)c(CF)c1. The van der Waals surface area contributed by atoms with Gasteiger partial charge in [0.05, 0.1) is 0 Å². The molecule has 0 bridgehead atoms. The van der Waals surface area contributed by atoms with Crippen LogP contribution in [0.3, 0.4) is 0 Å². The van der Waals surface area contributed by atoms with Gasteiger partial charge in [-0.05, 0) is 41.8 Å². The molecule has 2 aromatic rings. The van der Waals surface area contributed by atoms with Gasteiger partial charge in [0.25, 0.3) is 0 Å². The normalized spacial score (nSPS) is 10.5. The summed E-state index contributed by atoms with van der Waals surface area (Å²) in [5.74, 6) is -0.554. The molecule has 122 valence electrons. The Labute approximate surface area is 138 Å². The molecule has 3 N–H and O–H groups in total. The molecule has 0 saturated heterocycles. The molecule has 0 fully saturated rings. The number of halogens is 2. The molecule has 4 nitrogen and oxygen atoms in total. The van der Waals surface area contributed by atoms with Crippen LogP contribution in [0.4, 0.5) is 4.39 Å². The molecule has 0 aliphatic heterocycles. The van der Waals surface area contributed by atoms with Crippen LogP contribution in [0.15, 0.2) is 36.4 Å². The third-order valence-electron chi connectivity index (χ3n) is 3.42. The number of phenols is 2. The molecule has 0 atom stereocenters. The third-order valence-corrected chi connectivity index (χ3v) is 3.79. The second-order valence-electron chi connectivity index (χ2n) is 5.16. The van der Waals surface area contributed by atoms with E-state index in [0.717, 1.165) is 11.1 Å². The Morgan fingerprint density at radius 1 is 1.09 bits per heavy atom. The Morgan fingerprint density at radius 3 is 2.52 bits per heavy atom. The van der Waals surface area contributed by atoms with Gasteiger partial charge in [0.1, 0.15) is 6.67 Å². The molecule has 0 aromatic heterocycles. The lowest BCUT2D eigenvalue weighted by molar-refractivity contribution is -0.121. The largest absolute Gasteiger partial charge is 0.504 e. The molecular formula is C17H17ClFNO3. The topological polar surface area (TPSA) is 69.6 Å². The van der Waals surface area contributed by atoms with E-state index in [1.165, 1.54) is 12.1 Å². The van der Waals surface area contributed by atoms with Crippen LogP contribution >= 0.6 is 11.6 Å². The van der Waals surface area contributed by atoms with Crippen LogP contribution in [0, 0.1) is 0 Å². The van der Waals surface area contributed by atoms with E-state index in [0.29, 0.717) is 23.6 Å². The number of carbonyl (C=O) groups is 1. The van der Waals surface area contributed by atoms with E-state index >= 15 is 0 Å². The van der Waals surface area contributed by atoms with Gasteiger partial charge in [-0.15, -0.1) is 0 Å². The van der Waals surface area contributed by atoms with Crippen molar-refractivity contribution in [2.75, 3.05) is 0 Å². The first-order valence-electron chi connectivity index (χ1n) is 7.10. The summed E-state index contributed by atoms with van der Waals surface area (Å²) in [7, 11) is 0. The molecular weight excluding hydrogens is 321 g/mol. The van der Waals surface area contributed by atoms with Gasteiger partial charge in [-0.3, -0.25) is 4.79 Å². The number of aryl methyl sites for hydroxylation is 1. The first kappa shape index (κ1) is 17.1. The van der Waals surface area contributed by atoms with E-state index < -0.39 is 6.67 Å². The Morgan fingerprint density at radius 2 is 1.83 bits per heavy atom. The second kappa shape index (κ2) is 7.83. The highest BCUT2D eigenvalue weighted by molar-refractivity contribution is 6.31. The van der Waals surface area contributed by atoms with Gasteiger partial charge in [-0.2, -0.15) is 0 Å². The molecule has 0 heterocycles. The minimum Gasteiger partial charge on any atom is -0.504 e. The van der Waals surface area contributed by atoms with E-state index in [9.17, 15) is 19.4 Å². The van der Waals surface area contributed by atoms with Crippen molar-refractivity contribution in [1.29, 1.82) is 0 Å². The minimum absolute atomic E-state index is 0.158. The maximum Gasteiger partial charge on any atom is 0.220 e. The van der Waals surface area contributed by atoms with E-state index in [1.807, 2.05) is 0 Å². The molecule has 2 rings (SSSR count). The predicted molar refractivity (Wildman–Crippen MR) is 86.2 cm³/mol. The molecule has 2 aromatic carbocycles. The van der Waals surface area contributed by atoms with E-state index in [4.69, 9.17) is 11.6 Å². The lowest BCUT2D eigenvalue weighted by Gasteiger charge is -2.08. The highest BCUT2D eigenvalue weighted by Gasteiger charge is 2.06. The number of amides is 1. The average molecular weight is 338 g/mol. The quantitative estimate of drug-likeness (QED) is 0.707. The highest BCUT2D eigenvalue weighted by Crippen LogP contribution is 2.25. The molecule has 0 radical (unpaired) electrons. The van der Waals surface area contributed by atoms with Gasteiger partial charge in [0, 0.05) is 23.6 Å². The molecule has 0 aliphatic rings. The van der Waals surface area contributed by atoms with Crippen LogP contribution in [-0.4, -0.2) is 16.1 Å². The smallest absolute Gasteiger partial charge is 0.220 e. The molecule has 0 spiro atoms. The number of rotatable bonds is 6. The van der Waals surface area contributed by atoms with Crippen molar-refractivity contribution in [2.24, 2.45) is 0 Å². The Hall–Kier alpha value is -2.27. The first-order valence-corrected chi connectivity index (χ1v) is 7.48. The van der Waals surface area contributed by atoms with Crippen molar-refractivity contribution in [2.45, 2.75) is 26.1 Å². The Kier molecular flexibility index (Phi) is 5.82. The highest BCUT2D eigenvalue weighted by atomic mass is 35.5. The summed E-state index contributed by atoms with van der Waals surface area (Å²) in [5, 5.41) is 21.7. The van der Waals surface area contributed by atoms with Gasteiger partial charge < -0.3 is 15.5 Å². The van der Waals surface area contributed by atoms with Gasteiger partial charge >= 0.3 is 0 Å². The summed E-state index contributed by atoms with van der Waals surface area (Å²) in [6, 6.07) is 9.43. The molecule has 0 aliphatic carbocycles. The zero-order valence-electron chi connectivity index (χ0n) is 12.4. The summed E-state index contributed by atoms with van der Waals surface area (Å²) in [6.45, 7) is -0.352. The summed E-state index contributed by atoms with van der Waals surface area (Å²) in [4.78, 5) is 11.8. The second-order valence-corrected chi connectivity index (χ2v) is 5.57. The number of hydrogen-bond acceptors (Lipinski definition) is 3. The zero-order chi connectivity index (χ0) is 16.8. The van der Waals surface area contributed by atoms with Crippen LogP contribution in [-0.2, 0) is 24.4 Å². The molecule has 0 unspecified atom stereocenters. The zero-order valence-corrected chi connectivity index (χ0v) is 13.1. The molecule has 6 heteroatoms. The molecule has 23 heavy (non-hydrogen) atoms. The fourth-order valence-electron chi connectivity index (χ4n) is 2.11. The van der Waals surface area contributed by atoms with Crippen molar-refractivity contribution in [3.63, 3.8) is 0 Å².